The fourth-order valence-electron chi connectivity index (χ4n) is 3.37. The number of hydrogen-bond acceptors (Lipinski definition) is 3. The highest BCUT2D eigenvalue weighted by Crippen LogP contribution is 2.09. The molecule has 1 heterocycles. The maximum atomic E-state index is 12.2. The summed E-state index contributed by atoms with van der Waals surface area (Å²) in [4.78, 5) is 22.6. The Hall–Kier alpha value is -3.61. The van der Waals surface area contributed by atoms with E-state index in [0.29, 0.717) is 12.1 Å². The van der Waals surface area contributed by atoms with E-state index in [1.54, 1.807) is 25.2 Å². The minimum Gasteiger partial charge on any atom is -0.357 e. The van der Waals surface area contributed by atoms with Crippen LogP contribution in [0.1, 0.15) is 34.0 Å². The van der Waals surface area contributed by atoms with Gasteiger partial charge in [-0.05, 0) is 42.2 Å². The summed E-state index contributed by atoms with van der Waals surface area (Å²) < 4.78 is 2.05. The molecule has 7 heteroatoms. The summed E-state index contributed by atoms with van der Waals surface area (Å²) in [5.74, 6) is 0.804. The molecule has 3 aromatic rings. The van der Waals surface area contributed by atoms with Gasteiger partial charge in [-0.2, -0.15) is 0 Å². The summed E-state index contributed by atoms with van der Waals surface area (Å²) >= 11 is 0. The number of nitrogens with zero attached hydrogens (tertiary/aromatic N) is 4. The van der Waals surface area contributed by atoms with Crippen molar-refractivity contribution in [1.29, 1.82) is 0 Å². The second-order valence-electron chi connectivity index (χ2n) is 7.83. The normalized spacial score (nSPS) is 11.3. The van der Waals surface area contributed by atoms with E-state index < -0.39 is 0 Å². The fourth-order valence-corrected chi connectivity index (χ4v) is 3.37. The van der Waals surface area contributed by atoms with Crippen molar-refractivity contribution in [2.45, 2.75) is 26.4 Å². The minimum absolute atomic E-state index is 0.0185. The van der Waals surface area contributed by atoms with Crippen LogP contribution in [0.2, 0.25) is 0 Å². The molecule has 2 aromatic carbocycles. The van der Waals surface area contributed by atoms with Crippen LogP contribution in [0, 0.1) is 0 Å². The van der Waals surface area contributed by atoms with Crippen molar-refractivity contribution in [2.24, 2.45) is 4.99 Å². The second kappa shape index (κ2) is 11.7. The molecule has 32 heavy (non-hydrogen) atoms. The van der Waals surface area contributed by atoms with Crippen LogP contribution in [0.3, 0.4) is 0 Å². The van der Waals surface area contributed by atoms with Gasteiger partial charge in [0.2, 0.25) is 0 Å². The van der Waals surface area contributed by atoms with Gasteiger partial charge in [0.25, 0.3) is 5.91 Å². The number of aromatic nitrogens is 2. The van der Waals surface area contributed by atoms with Crippen LogP contribution in [0.4, 0.5) is 0 Å². The number of carbonyl (C=O) groups excluding carboxylic acids is 1. The molecule has 7 nitrogen and oxygen atoms in total. The van der Waals surface area contributed by atoms with Crippen molar-refractivity contribution in [2.75, 3.05) is 27.2 Å². The van der Waals surface area contributed by atoms with Gasteiger partial charge in [-0.15, -0.1) is 0 Å². The average molecular weight is 433 g/mol. The maximum Gasteiger partial charge on any atom is 0.253 e. The lowest BCUT2D eigenvalue weighted by Crippen LogP contribution is -2.38. The van der Waals surface area contributed by atoms with E-state index in [2.05, 4.69) is 51.4 Å². The highest BCUT2D eigenvalue weighted by Gasteiger charge is 2.08. The van der Waals surface area contributed by atoms with Crippen molar-refractivity contribution in [3.05, 3.63) is 89.5 Å². The molecule has 0 saturated heterocycles. The smallest absolute Gasteiger partial charge is 0.253 e. The molecule has 0 aliphatic rings. The Morgan fingerprint density at radius 1 is 1.06 bits per heavy atom. The second-order valence-corrected chi connectivity index (χ2v) is 7.83. The lowest BCUT2D eigenvalue weighted by Gasteiger charge is -2.13. The Morgan fingerprint density at radius 3 is 2.59 bits per heavy atom. The number of aliphatic imine (C=N–C) groups is 1. The molecule has 0 fully saturated rings. The van der Waals surface area contributed by atoms with Gasteiger partial charge in [0.05, 0.1) is 12.9 Å². The van der Waals surface area contributed by atoms with Crippen LogP contribution in [0.15, 0.2) is 72.2 Å². The molecule has 2 N–H and O–H groups in total. The van der Waals surface area contributed by atoms with Crippen molar-refractivity contribution >= 4 is 11.9 Å². The fraction of sp³-hybridized carbons (Fsp3) is 0.320. The van der Waals surface area contributed by atoms with E-state index in [1.807, 2.05) is 36.8 Å². The largest absolute Gasteiger partial charge is 0.357 e. The lowest BCUT2D eigenvalue weighted by atomic mass is 10.1. The molecule has 0 bridgehead atoms. The number of amides is 1. The van der Waals surface area contributed by atoms with E-state index in [0.717, 1.165) is 43.1 Å². The Balaban J connectivity index is 1.56. The molecule has 0 radical (unpaired) electrons. The van der Waals surface area contributed by atoms with Crippen LogP contribution in [-0.4, -0.2) is 53.5 Å². The molecule has 3 rings (SSSR count). The Bertz CT molecular complexity index is 1030. The van der Waals surface area contributed by atoms with Gasteiger partial charge in [0.1, 0.15) is 0 Å². The van der Waals surface area contributed by atoms with Crippen molar-refractivity contribution in [1.82, 2.24) is 25.1 Å². The maximum absolute atomic E-state index is 12.2. The van der Waals surface area contributed by atoms with Crippen molar-refractivity contribution < 1.29 is 4.79 Å². The summed E-state index contributed by atoms with van der Waals surface area (Å²) in [5.41, 5.74) is 4.22. The van der Waals surface area contributed by atoms with E-state index in [9.17, 15) is 4.79 Å². The van der Waals surface area contributed by atoms with Crippen LogP contribution in [-0.2, 0) is 19.5 Å². The number of guanidine groups is 1. The first-order valence-corrected chi connectivity index (χ1v) is 10.9. The predicted octanol–water partition coefficient (Wildman–Crippen LogP) is 2.93. The van der Waals surface area contributed by atoms with Gasteiger partial charge in [-0.1, -0.05) is 36.4 Å². The van der Waals surface area contributed by atoms with Crippen LogP contribution < -0.4 is 10.6 Å². The van der Waals surface area contributed by atoms with Gasteiger partial charge >= 0.3 is 0 Å². The molecular formula is C25H32N6O. The first-order chi connectivity index (χ1) is 15.5. The van der Waals surface area contributed by atoms with Crippen LogP contribution >= 0.6 is 0 Å². The molecule has 1 amide bonds. The third kappa shape index (κ3) is 6.97. The first kappa shape index (κ1) is 23.1. The molecular weight excluding hydrogens is 400 g/mol. The molecule has 0 unspecified atom stereocenters. The average Bonchev–Trinajstić information content (AvgIpc) is 3.30. The summed E-state index contributed by atoms with van der Waals surface area (Å²) in [6.45, 7) is 4.97. The highest BCUT2D eigenvalue weighted by atomic mass is 16.2. The first-order valence-electron chi connectivity index (χ1n) is 10.9. The Labute approximate surface area is 190 Å². The van der Waals surface area contributed by atoms with Crippen molar-refractivity contribution in [3.63, 3.8) is 0 Å². The number of nitrogens with one attached hydrogen (secondary N) is 2. The van der Waals surface area contributed by atoms with Gasteiger partial charge in [-0.25, -0.2) is 9.98 Å². The summed E-state index contributed by atoms with van der Waals surface area (Å²) in [7, 11) is 3.53. The topological polar surface area (TPSA) is 74.5 Å². The number of imidazole rings is 1. The predicted molar refractivity (Wildman–Crippen MR) is 129 cm³/mol. The molecule has 0 spiro atoms. The SMILES string of the molecule is CCNC(=NCc1cccc(Cn2ccnc2)c1)NCCc1cccc(C(=O)N(C)C)c1. The van der Waals surface area contributed by atoms with E-state index >= 15 is 0 Å². The zero-order valence-corrected chi connectivity index (χ0v) is 19.1. The molecule has 0 saturated carbocycles. The van der Waals surface area contributed by atoms with E-state index in [4.69, 9.17) is 4.99 Å². The number of rotatable bonds is 9. The Morgan fingerprint density at radius 2 is 1.84 bits per heavy atom. The van der Waals surface area contributed by atoms with Gasteiger partial charge in [-0.3, -0.25) is 4.79 Å². The van der Waals surface area contributed by atoms with Crippen molar-refractivity contribution in [3.8, 4) is 0 Å². The van der Waals surface area contributed by atoms with E-state index in [1.165, 1.54) is 5.56 Å². The molecule has 168 valence electrons. The minimum atomic E-state index is 0.0185. The Kier molecular flexibility index (Phi) is 8.43. The number of hydrogen-bond donors (Lipinski definition) is 2. The number of benzene rings is 2. The molecule has 0 aliphatic heterocycles. The summed E-state index contributed by atoms with van der Waals surface area (Å²) in [6, 6.07) is 16.3. The molecule has 0 aliphatic carbocycles. The number of carbonyl (C=O) groups is 1. The molecule has 0 atom stereocenters. The molecule has 1 aromatic heterocycles. The van der Waals surface area contributed by atoms with Crippen LogP contribution in [0.5, 0.6) is 0 Å². The third-order valence-electron chi connectivity index (χ3n) is 4.97. The van der Waals surface area contributed by atoms with Gasteiger partial charge < -0.3 is 20.1 Å². The third-order valence-corrected chi connectivity index (χ3v) is 4.97. The quantitative estimate of drug-likeness (QED) is 0.403. The zero-order chi connectivity index (χ0) is 22.8. The summed E-state index contributed by atoms with van der Waals surface area (Å²) in [6.07, 6.45) is 6.38. The lowest BCUT2D eigenvalue weighted by molar-refractivity contribution is 0.0827. The van der Waals surface area contributed by atoms with E-state index in [-0.39, 0.29) is 5.91 Å². The van der Waals surface area contributed by atoms with Gasteiger partial charge in [0.15, 0.2) is 5.96 Å². The van der Waals surface area contributed by atoms with Crippen LogP contribution in [0.25, 0.3) is 0 Å². The summed E-state index contributed by atoms with van der Waals surface area (Å²) in [5, 5.41) is 6.69. The highest BCUT2D eigenvalue weighted by molar-refractivity contribution is 5.94. The zero-order valence-electron chi connectivity index (χ0n) is 19.1. The van der Waals surface area contributed by atoms with Gasteiger partial charge in [0, 0.05) is 51.7 Å². The monoisotopic (exact) mass is 432 g/mol. The standard InChI is InChI=1S/C25H32N6O/c1-4-27-25(28-12-11-20-7-6-10-23(16-20)24(32)30(2)3)29-17-21-8-5-9-22(15-21)18-31-14-13-26-19-31/h5-10,13-16,19H,4,11-12,17-18H2,1-3H3,(H2,27,28,29).